The quantitative estimate of drug-likeness (QED) is 0.390. The zero-order chi connectivity index (χ0) is 24.7. The number of halogens is 1. The summed E-state index contributed by atoms with van der Waals surface area (Å²) >= 11 is 6.13. The maximum Gasteiger partial charge on any atom is 0.251 e. The molecular weight excluding hydrogens is 460 g/mol. The molecule has 0 fully saturated rings. The fourth-order valence-electron chi connectivity index (χ4n) is 4.39. The molecule has 0 aliphatic heterocycles. The van der Waals surface area contributed by atoms with Gasteiger partial charge in [0.1, 0.15) is 0 Å². The third kappa shape index (κ3) is 3.71. The van der Waals surface area contributed by atoms with Gasteiger partial charge in [-0.15, -0.1) is 6.42 Å². The molecule has 0 saturated carbocycles. The number of fused-ring (bicyclic) bond motifs is 1. The number of aliphatic hydroxyl groups is 1. The molecule has 0 amide bonds. The lowest BCUT2D eigenvalue weighted by Crippen LogP contribution is -2.32. The van der Waals surface area contributed by atoms with Crippen LogP contribution < -0.4 is 5.56 Å². The van der Waals surface area contributed by atoms with Crippen molar-refractivity contribution in [2.45, 2.75) is 5.60 Å². The van der Waals surface area contributed by atoms with Crippen molar-refractivity contribution in [3.05, 3.63) is 117 Å². The van der Waals surface area contributed by atoms with Crippen molar-refractivity contribution in [2.75, 3.05) is 0 Å². The monoisotopic (exact) mass is 480 g/mol. The predicted octanol–water partition coefficient (Wildman–Crippen LogP) is 4.25. The van der Waals surface area contributed by atoms with Crippen molar-refractivity contribution < 1.29 is 5.11 Å². The molecule has 0 aliphatic rings. The summed E-state index contributed by atoms with van der Waals surface area (Å²) in [6.07, 6.45) is 10.5. The first-order chi connectivity index (χ1) is 16.8. The molecule has 3 aromatic heterocycles. The summed E-state index contributed by atoms with van der Waals surface area (Å²) in [4.78, 5) is 21.6. The minimum absolute atomic E-state index is 0.173. The van der Waals surface area contributed by atoms with Crippen LogP contribution in [0.5, 0.6) is 0 Å². The molecule has 0 unspecified atom stereocenters. The number of aromatic nitrogens is 4. The highest BCUT2D eigenvalue weighted by Crippen LogP contribution is 2.38. The second-order valence-electron chi connectivity index (χ2n) is 8.37. The molecule has 1 N–H and O–H groups in total. The third-order valence-corrected chi connectivity index (χ3v) is 6.55. The molecule has 2 aromatic carbocycles. The minimum atomic E-state index is -1.63. The van der Waals surface area contributed by atoms with Gasteiger partial charge in [0.05, 0.1) is 35.6 Å². The number of rotatable bonds is 4. The molecule has 5 rings (SSSR count). The maximum atomic E-state index is 12.8. The molecular formula is C28H21ClN4O2. The standard InChI is InChI=1S/C28H21ClN4O2/c1-4-18-6-5-7-19(12-18)22-14-27(34)33(3)24-15-31-25(13-23(22)24)28(35,26-16-30-17-32(26)2)20-8-10-21(29)11-9-20/h1,5-17,35H,2-3H3/t28-/m1/s1. The Hall–Kier alpha value is -4.18. The molecule has 0 bridgehead atoms. The zero-order valence-corrected chi connectivity index (χ0v) is 19.9. The van der Waals surface area contributed by atoms with E-state index in [0.717, 1.165) is 10.9 Å². The van der Waals surface area contributed by atoms with Crippen LogP contribution in [0.15, 0.2) is 84.2 Å². The lowest BCUT2D eigenvalue weighted by Gasteiger charge is -2.29. The molecule has 35 heavy (non-hydrogen) atoms. The van der Waals surface area contributed by atoms with Gasteiger partial charge >= 0.3 is 0 Å². The van der Waals surface area contributed by atoms with Crippen molar-refractivity contribution in [2.24, 2.45) is 14.1 Å². The van der Waals surface area contributed by atoms with Gasteiger partial charge in [0, 0.05) is 36.1 Å². The zero-order valence-electron chi connectivity index (χ0n) is 19.1. The number of hydrogen-bond acceptors (Lipinski definition) is 4. The van der Waals surface area contributed by atoms with E-state index in [1.807, 2.05) is 37.4 Å². The maximum absolute atomic E-state index is 12.8. The molecule has 0 spiro atoms. The van der Waals surface area contributed by atoms with Crippen LogP contribution in [0.4, 0.5) is 0 Å². The van der Waals surface area contributed by atoms with Crippen LogP contribution in [0.1, 0.15) is 22.5 Å². The van der Waals surface area contributed by atoms with Gasteiger partial charge in [-0.2, -0.15) is 0 Å². The molecule has 3 heterocycles. The summed E-state index contributed by atoms with van der Waals surface area (Å²) in [5.41, 5.74) is 2.53. The van der Waals surface area contributed by atoms with Gasteiger partial charge in [0.15, 0.2) is 5.60 Å². The number of imidazole rings is 1. The number of pyridine rings is 2. The van der Waals surface area contributed by atoms with E-state index in [4.69, 9.17) is 18.0 Å². The number of hydrogen-bond donors (Lipinski definition) is 1. The van der Waals surface area contributed by atoms with E-state index >= 15 is 0 Å². The Morgan fingerprint density at radius 2 is 1.83 bits per heavy atom. The van der Waals surface area contributed by atoms with E-state index in [0.29, 0.717) is 38.6 Å². The second kappa shape index (κ2) is 8.55. The number of nitrogens with zero attached hydrogens (tertiary/aromatic N) is 4. The van der Waals surface area contributed by atoms with Crippen LogP contribution in [0.3, 0.4) is 0 Å². The Kier molecular flexibility index (Phi) is 5.52. The number of terminal acetylenes is 1. The van der Waals surface area contributed by atoms with Crippen molar-refractivity contribution in [1.29, 1.82) is 0 Å². The van der Waals surface area contributed by atoms with Crippen molar-refractivity contribution >= 4 is 22.5 Å². The molecule has 6 nitrogen and oxygen atoms in total. The summed E-state index contributed by atoms with van der Waals surface area (Å²) in [5.74, 6) is 2.64. The van der Waals surface area contributed by atoms with Gasteiger partial charge in [0.25, 0.3) is 5.56 Å². The van der Waals surface area contributed by atoms with Gasteiger partial charge in [-0.05, 0) is 47.0 Å². The van der Waals surface area contributed by atoms with Crippen LogP contribution in [0.2, 0.25) is 5.02 Å². The number of benzene rings is 2. The lowest BCUT2D eigenvalue weighted by molar-refractivity contribution is 0.113. The van der Waals surface area contributed by atoms with Crippen LogP contribution in [-0.2, 0) is 19.7 Å². The smallest absolute Gasteiger partial charge is 0.251 e. The van der Waals surface area contributed by atoms with E-state index in [1.54, 1.807) is 60.7 Å². The molecule has 7 heteroatoms. The first kappa shape index (κ1) is 22.6. The summed E-state index contributed by atoms with van der Waals surface area (Å²) in [6.45, 7) is 0. The summed E-state index contributed by atoms with van der Waals surface area (Å²) in [5, 5.41) is 13.6. The first-order valence-electron chi connectivity index (χ1n) is 10.9. The molecule has 0 radical (unpaired) electrons. The molecule has 0 aliphatic carbocycles. The van der Waals surface area contributed by atoms with E-state index in [-0.39, 0.29) is 5.56 Å². The average molecular weight is 481 g/mol. The summed E-state index contributed by atoms with van der Waals surface area (Å²) in [7, 11) is 3.50. The fraction of sp³-hybridized carbons (Fsp3) is 0.107. The summed E-state index contributed by atoms with van der Waals surface area (Å²) < 4.78 is 3.28. The highest BCUT2D eigenvalue weighted by atomic mass is 35.5. The lowest BCUT2D eigenvalue weighted by atomic mass is 9.86. The van der Waals surface area contributed by atoms with Crippen LogP contribution in [0, 0.1) is 12.3 Å². The van der Waals surface area contributed by atoms with Gasteiger partial charge in [-0.3, -0.25) is 9.78 Å². The van der Waals surface area contributed by atoms with E-state index in [2.05, 4.69) is 15.9 Å². The Balaban J connectivity index is 1.84. The third-order valence-electron chi connectivity index (χ3n) is 6.29. The van der Waals surface area contributed by atoms with Crippen molar-refractivity contribution in [1.82, 2.24) is 19.1 Å². The second-order valence-corrected chi connectivity index (χ2v) is 8.81. The predicted molar refractivity (Wildman–Crippen MR) is 137 cm³/mol. The Bertz CT molecular complexity index is 1680. The largest absolute Gasteiger partial charge is 0.373 e. The highest BCUT2D eigenvalue weighted by molar-refractivity contribution is 6.30. The highest BCUT2D eigenvalue weighted by Gasteiger charge is 2.38. The minimum Gasteiger partial charge on any atom is -0.373 e. The Morgan fingerprint density at radius 3 is 2.51 bits per heavy atom. The Labute approximate surface area is 207 Å². The van der Waals surface area contributed by atoms with E-state index in [9.17, 15) is 9.90 Å². The fourth-order valence-corrected chi connectivity index (χ4v) is 4.51. The van der Waals surface area contributed by atoms with Crippen LogP contribution >= 0.6 is 11.6 Å². The first-order valence-corrected chi connectivity index (χ1v) is 11.2. The van der Waals surface area contributed by atoms with Crippen molar-refractivity contribution in [3.8, 4) is 23.5 Å². The molecule has 0 saturated heterocycles. The normalized spacial score (nSPS) is 12.9. The molecule has 1 atom stereocenters. The molecule has 172 valence electrons. The SMILES string of the molecule is C#Cc1cccc(-c2cc(=O)n(C)c3cnc([C@](O)(c4ccc(Cl)cc4)c4cncn4C)cc23)c1. The van der Waals surface area contributed by atoms with Gasteiger partial charge in [-0.25, -0.2) is 4.98 Å². The van der Waals surface area contributed by atoms with Crippen molar-refractivity contribution in [3.63, 3.8) is 0 Å². The van der Waals surface area contributed by atoms with E-state index in [1.165, 1.54) is 4.57 Å². The summed E-state index contributed by atoms with van der Waals surface area (Å²) in [6, 6.07) is 17.8. The van der Waals surface area contributed by atoms with Gasteiger partial charge in [0.2, 0.25) is 0 Å². The number of aryl methyl sites for hydroxylation is 2. The van der Waals surface area contributed by atoms with Gasteiger partial charge in [-0.1, -0.05) is 41.8 Å². The van der Waals surface area contributed by atoms with E-state index < -0.39 is 5.60 Å². The molecule has 5 aromatic rings. The van der Waals surface area contributed by atoms with Crippen LogP contribution in [-0.4, -0.2) is 24.2 Å². The van der Waals surface area contributed by atoms with Crippen LogP contribution in [0.25, 0.3) is 22.0 Å². The Morgan fingerprint density at radius 1 is 1.06 bits per heavy atom. The average Bonchev–Trinajstić information content (AvgIpc) is 3.32. The topological polar surface area (TPSA) is 72.9 Å². The van der Waals surface area contributed by atoms with Gasteiger partial charge < -0.3 is 14.2 Å².